The van der Waals surface area contributed by atoms with Crippen LogP contribution in [0.5, 0.6) is 0 Å². The Bertz CT molecular complexity index is 765. The Hall–Kier alpha value is -3.19. The number of carbonyl (C=O) groups excluding carboxylic acids is 2. The van der Waals surface area contributed by atoms with Gasteiger partial charge in [0.25, 0.3) is 0 Å². The van der Waals surface area contributed by atoms with Crippen molar-refractivity contribution < 1.29 is 19.5 Å². The van der Waals surface area contributed by atoms with Crippen molar-refractivity contribution in [3.8, 4) is 0 Å². The number of aliphatic carboxylic acids is 1. The third-order valence-electron chi connectivity index (χ3n) is 3.96. The third kappa shape index (κ3) is 6.91. The van der Waals surface area contributed by atoms with Gasteiger partial charge in [0.1, 0.15) is 6.04 Å². The maximum absolute atomic E-state index is 12.6. The fourth-order valence-corrected chi connectivity index (χ4v) is 2.53. The summed E-state index contributed by atoms with van der Waals surface area (Å²) < 4.78 is 0. The summed E-state index contributed by atoms with van der Waals surface area (Å²) in [6.07, 6.45) is -0.234. The molecule has 27 heavy (non-hydrogen) atoms. The lowest BCUT2D eigenvalue weighted by Gasteiger charge is -2.20. The molecule has 0 aliphatic heterocycles. The largest absolute Gasteiger partial charge is 0.481 e. The zero-order chi connectivity index (χ0) is 19.6. The number of hydrogen-bond donors (Lipinski definition) is 4. The Morgan fingerprint density at radius 2 is 1.44 bits per heavy atom. The Kier molecular flexibility index (Phi) is 7.51. The van der Waals surface area contributed by atoms with Gasteiger partial charge in [0.15, 0.2) is 0 Å². The summed E-state index contributed by atoms with van der Waals surface area (Å²) in [6, 6.07) is 16.5. The van der Waals surface area contributed by atoms with Gasteiger partial charge in [-0.2, -0.15) is 0 Å². The van der Waals surface area contributed by atoms with Gasteiger partial charge in [0.2, 0.25) is 11.8 Å². The molecule has 7 heteroatoms. The lowest BCUT2D eigenvalue weighted by molar-refractivity contribution is -0.139. The van der Waals surface area contributed by atoms with Crippen LogP contribution in [0.15, 0.2) is 60.7 Å². The molecular formula is C20H23N3O4. The zero-order valence-electron chi connectivity index (χ0n) is 14.8. The highest BCUT2D eigenvalue weighted by Crippen LogP contribution is 2.05. The Labute approximate surface area is 157 Å². The first-order chi connectivity index (χ1) is 13.0. The second kappa shape index (κ2) is 10.1. The molecule has 2 rings (SSSR count). The molecule has 7 nitrogen and oxygen atoms in total. The van der Waals surface area contributed by atoms with E-state index in [9.17, 15) is 14.4 Å². The zero-order valence-corrected chi connectivity index (χ0v) is 14.8. The van der Waals surface area contributed by atoms with E-state index in [1.165, 1.54) is 0 Å². The van der Waals surface area contributed by atoms with E-state index in [0.29, 0.717) is 6.54 Å². The first kappa shape index (κ1) is 20.1. The van der Waals surface area contributed by atoms with Crippen molar-refractivity contribution in [2.75, 3.05) is 0 Å². The van der Waals surface area contributed by atoms with Gasteiger partial charge < -0.3 is 21.5 Å². The van der Waals surface area contributed by atoms with Crippen LogP contribution in [0.2, 0.25) is 0 Å². The molecule has 0 aromatic heterocycles. The van der Waals surface area contributed by atoms with E-state index < -0.39 is 30.4 Å². The molecule has 5 N–H and O–H groups in total. The highest BCUT2D eigenvalue weighted by atomic mass is 16.4. The summed E-state index contributed by atoms with van der Waals surface area (Å²) in [5.74, 6) is -2.21. The van der Waals surface area contributed by atoms with Crippen molar-refractivity contribution in [3.63, 3.8) is 0 Å². The molecule has 0 fully saturated rings. The number of carboxylic acid groups (broad SMARTS) is 1. The number of nitrogens with one attached hydrogen (secondary N) is 2. The number of amides is 2. The van der Waals surface area contributed by atoms with Gasteiger partial charge in [0.05, 0.1) is 12.5 Å². The fourth-order valence-electron chi connectivity index (χ4n) is 2.53. The number of hydrogen-bond acceptors (Lipinski definition) is 4. The lowest BCUT2D eigenvalue weighted by Crippen LogP contribution is -2.52. The molecule has 0 bridgehead atoms. The summed E-state index contributed by atoms with van der Waals surface area (Å²) >= 11 is 0. The second-order valence-electron chi connectivity index (χ2n) is 6.16. The molecule has 0 saturated heterocycles. The number of benzene rings is 2. The molecule has 2 atom stereocenters. The molecule has 2 amide bonds. The van der Waals surface area contributed by atoms with Crippen molar-refractivity contribution in [2.45, 2.75) is 31.5 Å². The van der Waals surface area contributed by atoms with Crippen LogP contribution in [-0.2, 0) is 27.3 Å². The van der Waals surface area contributed by atoms with Gasteiger partial charge in [-0.05, 0) is 11.1 Å². The standard InChI is InChI=1S/C20H23N3O4/c21-16(12-18(24)25)19(26)23-17(11-14-7-3-1-4-8-14)20(27)22-13-15-9-5-2-6-10-15/h1-10,16-17H,11-13,21H2,(H,22,27)(H,23,26)(H,24,25)/t16-,17-/m0/s1. The van der Waals surface area contributed by atoms with Crippen LogP contribution in [0, 0.1) is 0 Å². The van der Waals surface area contributed by atoms with E-state index in [0.717, 1.165) is 11.1 Å². The van der Waals surface area contributed by atoms with Crippen LogP contribution in [0.25, 0.3) is 0 Å². The van der Waals surface area contributed by atoms with Gasteiger partial charge in [-0.15, -0.1) is 0 Å². The van der Waals surface area contributed by atoms with E-state index in [1.807, 2.05) is 60.7 Å². The summed E-state index contributed by atoms with van der Waals surface area (Å²) in [5, 5.41) is 14.1. The Morgan fingerprint density at radius 3 is 2.00 bits per heavy atom. The third-order valence-corrected chi connectivity index (χ3v) is 3.96. The minimum absolute atomic E-state index is 0.271. The highest BCUT2D eigenvalue weighted by Gasteiger charge is 2.25. The molecule has 0 spiro atoms. The van der Waals surface area contributed by atoms with Gasteiger partial charge in [0, 0.05) is 13.0 Å². The van der Waals surface area contributed by atoms with Gasteiger partial charge in [-0.25, -0.2) is 0 Å². The molecule has 142 valence electrons. The van der Waals surface area contributed by atoms with Crippen LogP contribution < -0.4 is 16.4 Å². The summed E-state index contributed by atoms with van der Waals surface area (Å²) in [7, 11) is 0. The predicted molar refractivity (Wildman–Crippen MR) is 101 cm³/mol. The molecule has 0 aliphatic carbocycles. The molecule has 2 aromatic rings. The summed E-state index contributed by atoms with van der Waals surface area (Å²) in [6.45, 7) is 0.321. The van der Waals surface area contributed by atoms with Crippen LogP contribution in [0.3, 0.4) is 0 Å². The van der Waals surface area contributed by atoms with E-state index >= 15 is 0 Å². The minimum Gasteiger partial charge on any atom is -0.481 e. The van der Waals surface area contributed by atoms with Crippen LogP contribution >= 0.6 is 0 Å². The molecule has 0 saturated carbocycles. The van der Waals surface area contributed by atoms with Crippen LogP contribution in [0.1, 0.15) is 17.5 Å². The maximum Gasteiger partial charge on any atom is 0.305 e. The number of rotatable bonds is 9. The molecule has 0 unspecified atom stereocenters. The van der Waals surface area contributed by atoms with Crippen molar-refractivity contribution in [1.29, 1.82) is 0 Å². The number of carboxylic acids is 1. The quantitative estimate of drug-likeness (QED) is 0.522. The predicted octanol–water partition coefficient (Wildman–Crippen LogP) is 0.832. The molecule has 0 aliphatic rings. The van der Waals surface area contributed by atoms with Gasteiger partial charge >= 0.3 is 5.97 Å². The van der Waals surface area contributed by atoms with Crippen LogP contribution in [-0.4, -0.2) is 35.0 Å². The smallest absolute Gasteiger partial charge is 0.305 e. The molecule has 0 radical (unpaired) electrons. The molecular weight excluding hydrogens is 346 g/mol. The van der Waals surface area contributed by atoms with E-state index in [1.54, 1.807) is 0 Å². The topological polar surface area (TPSA) is 122 Å². The van der Waals surface area contributed by atoms with Crippen molar-refractivity contribution in [1.82, 2.24) is 10.6 Å². The van der Waals surface area contributed by atoms with Gasteiger partial charge in [-0.3, -0.25) is 14.4 Å². The summed E-state index contributed by atoms with van der Waals surface area (Å²) in [4.78, 5) is 35.5. The van der Waals surface area contributed by atoms with E-state index in [-0.39, 0.29) is 12.3 Å². The van der Waals surface area contributed by atoms with Crippen molar-refractivity contribution in [3.05, 3.63) is 71.8 Å². The molecule has 0 heterocycles. The van der Waals surface area contributed by atoms with Crippen LogP contribution in [0.4, 0.5) is 0 Å². The average molecular weight is 369 g/mol. The normalized spacial score (nSPS) is 12.6. The van der Waals surface area contributed by atoms with Crippen molar-refractivity contribution in [2.24, 2.45) is 5.73 Å². The SMILES string of the molecule is N[C@@H](CC(=O)O)C(=O)N[C@@H](Cc1ccccc1)C(=O)NCc1ccccc1. The fraction of sp³-hybridized carbons (Fsp3) is 0.250. The van der Waals surface area contributed by atoms with E-state index in [2.05, 4.69) is 10.6 Å². The average Bonchev–Trinajstić information content (AvgIpc) is 2.66. The van der Waals surface area contributed by atoms with E-state index in [4.69, 9.17) is 10.8 Å². The number of nitrogens with two attached hydrogens (primary N) is 1. The Balaban J connectivity index is 2.04. The highest BCUT2D eigenvalue weighted by molar-refractivity contribution is 5.91. The monoisotopic (exact) mass is 369 g/mol. The minimum atomic E-state index is -1.22. The molecule has 2 aromatic carbocycles. The first-order valence-electron chi connectivity index (χ1n) is 8.59. The van der Waals surface area contributed by atoms with Crippen molar-refractivity contribution >= 4 is 17.8 Å². The summed E-state index contributed by atoms with van der Waals surface area (Å²) in [5.41, 5.74) is 7.39. The maximum atomic E-state index is 12.6. The first-order valence-corrected chi connectivity index (χ1v) is 8.59. The van der Waals surface area contributed by atoms with Gasteiger partial charge in [-0.1, -0.05) is 60.7 Å². The number of carbonyl (C=O) groups is 3. The second-order valence-corrected chi connectivity index (χ2v) is 6.16. The Morgan fingerprint density at radius 1 is 0.889 bits per heavy atom. The lowest BCUT2D eigenvalue weighted by atomic mass is 10.0.